The van der Waals surface area contributed by atoms with Gasteiger partial charge in [-0.3, -0.25) is 9.69 Å². The van der Waals surface area contributed by atoms with Crippen LogP contribution in [0.15, 0.2) is 0 Å². The average Bonchev–Trinajstić information content (AvgIpc) is 2.62. The van der Waals surface area contributed by atoms with Gasteiger partial charge in [-0.25, -0.2) is 8.78 Å². The van der Waals surface area contributed by atoms with E-state index < -0.39 is 12.0 Å². The second-order valence-electron chi connectivity index (χ2n) is 5.88. The first-order chi connectivity index (χ1) is 8.39. The van der Waals surface area contributed by atoms with Crippen LogP contribution in [-0.4, -0.2) is 78.4 Å². The summed E-state index contributed by atoms with van der Waals surface area (Å²) in [7, 11) is 3.77. The summed E-state index contributed by atoms with van der Waals surface area (Å²) >= 11 is 0. The van der Waals surface area contributed by atoms with Gasteiger partial charge in [-0.1, -0.05) is 0 Å². The number of alkyl halides is 2. The maximum absolute atomic E-state index is 13.6. The van der Waals surface area contributed by atoms with Crippen LogP contribution in [0.3, 0.4) is 0 Å². The van der Waals surface area contributed by atoms with E-state index in [1.54, 1.807) is 16.8 Å². The van der Waals surface area contributed by atoms with E-state index in [1.807, 2.05) is 7.05 Å². The van der Waals surface area contributed by atoms with Crippen LogP contribution in [0.4, 0.5) is 8.78 Å². The number of nitrogens with zero attached hydrogens (tertiary/aromatic N) is 3. The summed E-state index contributed by atoms with van der Waals surface area (Å²) in [5.74, 6) is -2.84. The van der Waals surface area contributed by atoms with Crippen molar-refractivity contribution >= 4 is 5.91 Å². The molecule has 0 spiro atoms. The van der Waals surface area contributed by atoms with Crippen LogP contribution >= 0.6 is 0 Å². The first-order valence-electron chi connectivity index (χ1n) is 6.48. The van der Waals surface area contributed by atoms with Gasteiger partial charge in [-0.15, -0.1) is 0 Å². The number of carbonyl (C=O) groups is 1. The van der Waals surface area contributed by atoms with E-state index in [2.05, 4.69) is 4.90 Å². The molecule has 18 heavy (non-hydrogen) atoms. The van der Waals surface area contributed by atoms with Crippen molar-refractivity contribution in [2.45, 2.75) is 36.9 Å². The van der Waals surface area contributed by atoms with Crippen LogP contribution in [0.1, 0.15) is 12.8 Å². The molecular formula is C12H19F2N3O. The zero-order valence-corrected chi connectivity index (χ0v) is 10.8. The molecule has 3 heterocycles. The molecule has 0 radical (unpaired) electrons. The number of hydrogen-bond acceptors (Lipinski definition) is 3. The zero-order chi connectivity index (χ0) is 13.1. The van der Waals surface area contributed by atoms with Gasteiger partial charge in [0.1, 0.15) is 0 Å². The van der Waals surface area contributed by atoms with E-state index >= 15 is 0 Å². The quantitative estimate of drug-likeness (QED) is 0.623. The van der Waals surface area contributed by atoms with Gasteiger partial charge in [0.15, 0.2) is 0 Å². The van der Waals surface area contributed by atoms with Gasteiger partial charge in [-0.05, 0) is 20.0 Å². The number of carbonyl (C=O) groups excluding carboxylic acids is 1. The number of piperidine rings is 1. The van der Waals surface area contributed by atoms with Crippen molar-refractivity contribution in [1.29, 1.82) is 0 Å². The summed E-state index contributed by atoms with van der Waals surface area (Å²) < 4.78 is 27.1. The predicted molar refractivity (Wildman–Crippen MR) is 62.5 cm³/mol. The van der Waals surface area contributed by atoms with E-state index in [0.717, 1.165) is 19.5 Å². The van der Waals surface area contributed by atoms with Gasteiger partial charge in [-0.2, -0.15) is 0 Å². The van der Waals surface area contributed by atoms with Crippen molar-refractivity contribution in [1.82, 2.24) is 14.7 Å². The van der Waals surface area contributed by atoms with Crippen LogP contribution in [0, 0.1) is 0 Å². The van der Waals surface area contributed by atoms with Crippen molar-refractivity contribution < 1.29 is 13.6 Å². The molecule has 3 saturated heterocycles. The standard InChI is InChI=1S/C12H19F2N3O/c1-15-4-3-8-10(6-15)16(2)11(18)9-5-12(13,14)7-17(8)9/h8-10H,3-7H2,1-2H3/t8?,9-,10?/m1/s1. The third kappa shape index (κ3) is 1.73. The molecule has 2 unspecified atom stereocenters. The molecule has 4 nitrogen and oxygen atoms in total. The molecule has 1 amide bonds. The summed E-state index contributed by atoms with van der Waals surface area (Å²) in [6.45, 7) is 1.45. The smallest absolute Gasteiger partial charge is 0.262 e. The van der Waals surface area contributed by atoms with E-state index in [1.165, 1.54) is 0 Å². The van der Waals surface area contributed by atoms with Crippen LogP contribution in [-0.2, 0) is 4.79 Å². The van der Waals surface area contributed by atoms with Crippen molar-refractivity contribution in [3.05, 3.63) is 0 Å². The Morgan fingerprint density at radius 2 is 2.00 bits per heavy atom. The highest BCUT2D eigenvalue weighted by molar-refractivity contribution is 5.83. The average molecular weight is 259 g/mol. The number of hydrogen-bond donors (Lipinski definition) is 0. The fourth-order valence-electron chi connectivity index (χ4n) is 3.66. The minimum Gasteiger partial charge on any atom is -0.339 e. The molecule has 0 aromatic heterocycles. The van der Waals surface area contributed by atoms with Gasteiger partial charge in [0.05, 0.1) is 18.6 Å². The molecule has 0 aromatic rings. The summed E-state index contributed by atoms with van der Waals surface area (Å²) in [4.78, 5) is 17.8. The maximum atomic E-state index is 13.6. The number of rotatable bonds is 0. The molecule has 3 atom stereocenters. The minimum absolute atomic E-state index is 0.0569. The molecule has 3 rings (SSSR count). The van der Waals surface area contributed by atoms with Crippen LogP contribution in [0.5, 0.6) is 0 Å². The summed E-state index contributed by atoms with van der Waals surface area (Å²) in [5, 5.41) is 0. The second kappa shape index (κ2) is 3.87. The van der Waals surface area contributed by atoms with Crippen LogP contribution in [0.2, 0.25) is 0 Å². The Hall–Kier alpha value is -0.750. The molecule has 0 N–H and O–H groups in total. The first kappa shape index (κ1) is 12.3. The molecule has 102 valence electrons. The SMILES string of the molecule is CN1CCC2C(C1)N(C)C(=O)[C@H]1CC(F)(F)CN21. The van der Waals surface area contributed by atoms with Crippen molar-refractivity contribution in [3.63, 3.8) is 0 Å². The van der Waals surface area contributed by atoms with Crippen LogP contribution in [0.25, 0.3) is 0 Å². The number of piperazine rings is 1. The lowest BCUT2D eigenvalue weighted by molar-refractivity contribution is -0.149. The fourth-order valence-corrected chi connectivity index (χ4v) is 3.66. The van der Waals surface area contributed by atoms with Gasteiger partial charge in [0.25, 0.3) is 5.92 Å². The van der Waals surface area contributed by atoms with Crippen molar-refractivity contribution in [2.75, 3.05) is 33.7 Å². The Morgan fingerprint density at radius 3 is 2.72 bits per heavy atom. The maximum Gasteiger partial charge on any atom is 0.262 e. The van der Waals surface area contributed by atoms with E-state index in [9.17, 15) is 13.6 Å². The summed E-state index contributed by atoms with van der Waals surface area (Å²) in [6.07, 6.45) is 0.556. The van der Waals surface area contributed by atoms with Crippen molar-refractivity contribution in [2.24, 2.45) is 0 Å². The number of halogens is 2. The Bertz CT molecular complexity index is 376. The first-order valence-corrected chi connectivity index (χ1v) is 6.48. The Balaban J connectivity index is 1.89. The molecule has 0 saturated carbocycles. The molecule has 3 fully saturated rings. The number of amides is 1. The lowest BCUT2D eigenvalue weighted by Gasteiger charge is -2.51. The van der Waals surface area contributed by atoms with Crippen LogP contribution < -0.4 is 0 Å². The number of likely N-dealkylation sites (tertiary alicyclic amines) is 1. The van der Waals surface area contributed by atoms with Gasteiger partial charge >= 0.3 is 0 Å². The molecule has 0 aromatic carbocycles. The molecule has 0 bridgehead atoms. The largest absolute Gasteiger partial charge is 0.339 e. The van der Waals surface area contributed by atoms with Gasteiger partial charge in [0.2, 0.25) is 5.91 Å². The minimum atomic E-state index is -2.71. The highest BCUT2D eigenvalue weighted by atomic mass is 19.3. The Kier molecular flexibility index (Phi) is 2.64. The number of likely N-dealkylation sites (N-methyl/N-ethyl adjacent to an activating group) is 2. The molecule has 0 aliphatic carbocycles. The number of fused-ring (bicyclic) bond motifs is 3. The highest BCUT2D eigenvalue weighted by Gasteiger charge is 2.56. The Morgan fingerprint density at radius 1 is 1.28 bits per heavy atom. The third-order valence-corrected chi connectivity index (χ3v) is 4.61. The third-order valence-electron chi connectivity index (χ3n) is 4.61. The Labute approximate surface area is 106 Å². The summed E-state index contributed by atoms with van der Waals surface area (Å²) in [6, 6.07) is -0.446. The van der Waals surface area contributed by atoms with E-state index in [0.29, 0.717) is 0 Å². The topological polar surface area (TPSA) is 26.8 Å². The molecule has 6 heteroatoms. The molecule has 3 aliphatic heterocycles. The molecule has 3 aliphatic rings. The zero-order valence-electron chi connectivity index (χ0n) is 10.8. The summed E-state index contributed by atoms with van der Waals surface area (Å²) in [5.41, 5.74) is 0. The van der Waals surface area contributed by atoms with Gasteiger partial charge < -0.3 is 9.80 Å². The lowest BCUT2D eigenvalue weighted by Crippen LogP contribution is -2.68. The lowest BCUT2D eigenvalue weighted by atomic mass is 9.92. The van der Waals surface area contributed by atoms with E-state index in [4.69, 9.17) is 0 Å². The fraction of sp³-hybridized carbons (Fsp3) is 0.917. The normalized spacial score (nSPS) is 40.8. The second-order valence-corrected chi connectivity index (χ2v) is 5.88. The monoisotopic (exact) mass is 259 g/mol. The highest BCUT2D eigenvalue weighted by Crippen LogP contribution is 2.39. The predicted octanol–water partition coefficient (Wildman–Crippen LogP) is 0.241. The van der Waals surface area contributed by atoms with E-state index in [-0.39, 0.29) is 31.0 Å². The molecular weight excluding hydrogens is 240 g/mol. The van der Waals surface area contributed by atoms with Crippen molar-refractivity contribution in [3.8, 4) is 0 Å². The van der Waals surface area contributed by atoms with Gasteiger partial charge in [0, 0.05) is 26.1 Å².